The van der Waals surface area contributed by atoms with Crippen LogP contribution in [0.4, 0.5) is 0 Å². The number of para-hydroxylation sites is 3. The fourth-order valence-electron chi connectivity index (χ4n) is 2.53. The van der Waals surface area contributed by atoms with Crippen molar-refractivity contribution in [1.29, 1.82) is 0 Å². The molecule has 0 spiro atoms. The molecule has 2 aromatic carbocycles. The van der Waals surface area contributed by atoms with E-state index in [4.69, 9.17) is 9.47 Å². The molecule has 1 amide bonds. The van der Waals surface area contributed by atoms with Crippen molar-refractivity contribution in [2.75, 3.05) is 13.7 Å². The average molecular weight is 353 g/mol. The molecule has 0 aliphatic rings. The van der Waals surface area contributed by atoms with Crippen molar-refractivity contribution >= 4 is 16.8 Å². The van der Waals surface area contributed by atoms with Crippen LogP contribution in [0.15, 0.2) is 53.3 Å². The van der Waals surface area contributed by atoms with Gasteiger partial charge in [0.15, 0.2) is 18.1 Å². The molecule has 0 bridgehead atoms. The van der Waals surface area contributed by atoms with Crippen molar-refractivity contribution < 1.29 is 14.3 Å². The molecular formula is C19H19N3O4. The Labute approximate surface area is 150 Å². The van der Waals surface area contributed by atoms with Crippen LogP contribution in [0.2, 0.25) is 0 Å². The van der Waals surface area contributed by atoms with E-state index in [0.717, 1.165) is 0 Å². The minimum absolute atomic E-state index is 0.130. The molecule has 1 N–H and O–H groups in total. The van der Waals surface area contributed by atoms with Crippen LogP contribution in [0.5, 0.6) is 11.5 Å². The number of carbonyl (C=O) groups is 1. The molecule has 7 heteroatoms. The van der Waals surface area contributed by atoms with Crippen molar-refractivity contribution in [3.63, 3.8) is 0 Å². The number of nitrogens with one attached hydrogen (secondary N) is 1. The molecule has 1 aromatic heterocycles. The standard InChI is InChI=1S/C19H19N3O4/c1-22-17(21-14-8-4-3-7-13(14)19(22)24)11-20-18(23)12-26-16-10-6-5-9-15(16)25-2/h3-10H,11-12H2,1-2H3,(H,20,23). The summed E-state index contributed by atoms with van der Waals surface area (Å²) in [5.41, 5.74) is 0.454. The second-order valence-corrected chi connectivity index (χ2v) is 5.63. The Morgan fingerprint density at radius 2 is 1.81 bits per heavy atom. The van der Waals surface area contributed by atoms with Crippen LogP contribution in [0.25, 0.3) is 10.9 Å². The summed E-state index contributed by atoms with van der Waals surface area (Å²) in [7, 11) is 3.17. The predicted molar refractivity (Wildman–Crippen MR) is 97.3 cm³/mol. The predicted octanol–water partition coefficient (Wildman–Crippen LogP) is 1.64. The minimum Gasteiger partial charge on any atom is -0.493 e. The minimum atomic E-state index is -0.321. The molecule has 0 aliphatic carbocycles. The highest BCUT2D eigenvalue weighted by Crippen LogP contribution is 2.25. The number of fused-ring (bicyclic) bond motifs is 1. The van der Waals surface area contributed by atoms with Crippen LogP contribution in [0.3, 0.4) is 0 Å². The summed E-state index contributed by atoms with van der Waals surface area (Å²) >= 11 is 0. The van der Waals surface area contributed by atoms with E-state index in [1.165, 1.54) is 11.7 Å². The van der Waals surface area contributed by atoms with Crippen LogP contribution in [0.1, 0.15) is 5.82 Å². The lowest BCUT2D eigenvalue weighted by molar-refractivity contribution is -0.123. The molecule has 1 heterocycles. The van der Waals surface area contributed by atoms with Crippen LogP contribution in [0, 0.1) is 0 Å². The van der Waals surface area contributed by atoms with Crippen molar-refractivity contribution in [1.82, 2.24) is 14.9 Å². The summed E-state index contributed by atoms with van der Waals surface area (Å²) in [5, 5.41) is 3.26. The molecule has 0 aliphatic heterocycles. The molecule has 0 radical (unpaired) electrons. The first-order chi connectivity index (χ1) is 12.6. The smallest absolute Gasteiger partial charge is 0.261 e. The average Bonchev–Trinajstić information content (AvgIpc) is 2.68. The Balaban J connectivity index is 1.65. The van der Waals surface area contributed by atoms with Gasteiger partial charge >= 0.3 is 0 Å². The SMILES string of the molecule is COc1ccccc1OCC(=O)NCc1nc2ccccc2c(=O)n1C. The molecule has 3 rings (SSSR count). The fraction of sp³-hybridized carbons (Fsp3) is 0.211. The van der Waals surface area contributed by atoms with E-state index in [0.29, 0.717) is 28.2 Å². The summed E-state index contributed by atoms with van der Waals surface area (Å²) < 4.78 is 12.1. The first-order valence-electron chi connectivity index (χ1n) is 8.07. The maximum absolute atomic E-state index is 12.3. The number of hydrogen-bond donors (Lipinski definition) is 1. The van der Waals surface area contributed by atoms with Gasteiger partial charge in [-0.3, -0.25) is 14.2 Å². The molecule has 0 atom stereocenters. The summed E-state index contributed by atoms with van der Waals surface area (Å²) in [5.74, 6) is 1.19. The van der Waals surface area contributed by atoms with E-state index >= 15 is 0 Å². The van der Waals surface area contributed by atoms with Crippen LogP contribution in [-0.2, 0) is 18.4 Å². The number of aromatic nitrogens is 2. The number of hydrogen-bond acceptors (Lipinski definition) is 5. The lowest BCUT2D eigenvalue weighted by Gasteiger charge is -2.12. The van der Waals surface area contributed by atoms with Crippen LogP contribution >= 0.6 is 0 Å². The van der Waals surface area contributed by atoms with Crippen molar-refractivity contribution in [3.05, 3.63) is 64.7 Å². The Hall–Kier alpha value is -3.35. The summed E-state index contributed by atoms with van der Waals surface area (Å²) in [4.78, 5) is 28.8. The van der Waals surface area contributed by atoms with Crippen molar-refractivity contribution in [2.45, 2.75) is 6.54 Å². The number of ether oxygens (including phenoxy) is 2. The highest BCUT2D eigenvalue weighted by atomic mass is 16.5. The lowest BCUT2D eigenvalue weighted by atomic mass is 10.2. The molecule has 7 nitrogen and oxygen atoms in total. The molecule has 26 heavy (non-hydrogen) atoms. The molecule has 0 saturated carbocycles. The molecule has 0 fully saturated rings. The van der Waals surface area contributed by atoms with Gasteiger partial charge in [0.2, 0.25) is 0 Å². The maximum Gasteiger partial charge on any atom is 0.261 e. The Morgan fingerprint density at radius 3 is 2.58 bits per heavy atom. The normalized spacial score (nSPS) is 10.5. The number of rotatable bonds is 6. The number of carbonyl (C=O) groups excluding carboxylic acids is 1. The monoisotopic (exact) mass is 353 g/mol. The van der Waals surface area contributed by atoms with E-state index in [1.807, 2.05) is 12.1 Å². The first-order valence-corrected chi connectivity index (χ1v) is 8.07. The van der Waals surface area contributed by atoms with Crippen LogP contribution in [-0.4, -0.2) is 29.2 Å². The van der Waals surface area contributed by atoms with Gasteiger partial charge < -0.3 is 14.8 Å². The van der Waals surface area contributed by atoms with Gasteiger partial charge in [-0.05, 0) is 24.3 Å². The van der Waals surface area contributed by atoms with Gasteiger partial charge in [0, 0.05) is 7.05 Å². The zero-order valence-electron chi connectivity index (χ0n) is 14.6. The van der Waals surface area contributed by atoms with Gasteiger partial charge in [-0.25, -0.2) is 4.98 Å². The van der Waals surface area contributed by atoms with Gasteiger partial charge in [0.1, 0.15) is 5.82 Å². The maximum atomic E-state index is 12.3. The number of nitrogens with zero attached hydrogens (tertiary/aromatic N) is 2. The second-order valence-electron chi connectivity index (χ2n) is 5.63. The number of benzene rings is 2. The van der Waals surface area contributed by atoms with E-state index in [2.05, 4.69) is 10.3 Å². The lowest BCUT2D eigenvalue weighted by Crippen LogP contribution is -2.32. The number of amides is 1. The van der Waals surface area contributed by atoms with Crippen LogP contribution < -0.4 is 20.3 Å². The molecule has 0 unspecified atom stereocenters. The largest absolute Gasteiger partial charge is 0.493 e. The van der Waals surface area contributed by atoms with Crippen molar-refractivity contribution in [2.24, 2.45) is 7.05 Å². The van der Waals surface area contributed by atoms with Gasteiger partial charge in [-0.1, -0.05) is 24.3 Å². The summed E-state index contributed by atoms with van der Waals surface area (Å²) in [6.45, 7) is -0.0351. The van der Waals surface area contributed by atoms with Gasteiger partial charge in [-0.2, -0.15) is 0 Å². The van der Waals surface area contributed by atoms with E-state index in [-0.39, 0.29) is 24.6 Å². The third kappa shape index (κ3) is 3.66. The first kappa shape index (κ1) is 17.5. The second kappa shape index (κ2) is 7.69. The number of methoxy groups -OCH3 is 1. The molecule has 134 valence electrons. The van der Waals surface area contributed by atoms with Crippen molar-refractivity contribution in [3.8, 4) is 11.5 Å². The highest BCUT2D eigenvalue weighted by molar-refractivity contribution is 5.78. The summed E-state index contributed by atoms with van der Waals surface area (Å²) in [6, 6.07) is 14.2. The molecular weight excluding hydrogens is 334 g/mol. The van der Waals surface area contributed by atoms with E-state index in [9.17, 15) is 9.59 Å². The zero-order chi connectivity index (χ0) is 18.5. The zero-order valence-corrected chi connectivity index (χ0v) is 14.6. The fourth-order valence-corrected chi connectivity index (χ4v) is 2.53. The van der Waals surface area contributed by atoms with Gasteiger partial charge in [0.05, 0.1) is 24.6 Å². The van der Waals surface area contributed by atoms with E-state index < -0.39 is 0 Å². The molecule has 3 aromatic rings. The Bertz CT molecular complexity index is 997. The third-order valence-corrected chi connectivity index (χ3v) is 3.95. The summed E-state index contributed by atoms with van der Waals surface area (Å²) in [6.07, 6.45) is 0. The Morgan fingerprint density at radius 1 is 1.12 bits per heavy atom. The molecule has 0 saturated heterocycles. The van der Waals surface area contributed by atoms with Gasteiger partial charge in [-0.15, -0.1) is 0 Å². The van der Waals surface area contributed by atoms with E-state index in [1.54, 1.807) is 43.4 Å². The third-order valence-electron chi connectivity index (χ3n) is 3.95. The quantitative estimate of drug-likeness (QED) is 0.728. The Kier molecular flexibility index (Phi) is 5.17. The highest BCUT2D eigenvalue weighted by Gasteiger charge is 2.10. The topological polar surface area (TPSA) is 82.5 Å². The van der Waals surface area contributed by atoms with Gasteiger partial charge in [0.25, 0.3) is 11.5 Å².